The number of sulfonamides is 1. The van der Waals surface area contributed by atoms with Gasteiger partial charge in [-0.3, -0.25) is 4.79 Å². The SMILES string of the molecule is COc1ccc(S(=O)(=O)N2C(=O)C(OC(=O)N3CCN(N4CCC(C)CC4)CC3)(c3ccccc3OC)c3c(OC)cccc32)c(OC)c1. The fraction of sp³-hybridized carbons (Fsp3) is 0.429. The van der Waals surface area contributed by atoms with Crippen molar-refractivity contribution >= 4 is 27.7 Å². The summed E-state index contributed by atoms with van der Waals surface area (Å²) in [6, 6.07) is 15.4. The van der Waals surface area contributed by atoms with Crippen LogP contribution < -0.4 is 23.3 Å². The minimum atomic E-state index is -4.69. The molecule has 0 N–H and O–H groups in total. The molecule has 14 heteroatoms. The standard InChI is InChI=1S/C35H42N4O9S/c1-24-15-17-37(18-16-24)38-21-19-36(20-22-38)34(41)48-35(26-9-6-7-11-28(26)45-3)32-27(10-8-12-29(32)46-4)39(33(35)40)49(42,43)31-14-13-25(44-2)23-30(31)47-5/h6-14,23-24H,15-22H2,1-5H3. The summed E-state index contributed by atoms with van der Waals surface area (Å²) in [5, 5.41) is 4.61. The van der Waals surface area contributed by atoms with Crippen molar-refractivity contribution in [1.29, 1.82) is 0 Å². The highest BCUT2D eigenvalue weighted by atomic mass is 32.2. The van der Waals surface area contributed by atoms with E-state index in [9.17, 15) is 13.2 Å². The Morgan fingerprint density at radius 1 is 0.755 bits per heavy atom. The number of nitrogens with zero attached hydrogens (tertiary/aromatic N) is 4. The molecular weight excluding hydrogens is 652 g/mol. The van der Waals surface area contributed by atoms with Crippen LogP contribution in [0.15, 0.2) is 65.6 Å². The summed E-state index contributed by atoms with van der Waals surface area (Å²) in [5.41, 5.74) is -2.15. The van der Waals surface area contributed by atoms with Gasteiger partial charge in [0.2, 0.25) is 0 Å². The minimum Gasteiger partial charge on any atom is -0.497 e. The van der Waals surface area contributed by atoms with Gasteiger partial charge in [-0.05, 0) is 49.1 Å². The number of para-hydroxylation sites is 1. The van der Waals surface area contributed by atoms with Gasteiger partial charge in [0.05, 0.1) is 45.3 Å². The summed E-state index contributed by atoms with van der Waals surface area (Å²) < 4.78 is 58.4. The maximum atomic E-state index is 15.1. The Morgan fingerprint density at radius 2 is 1.39 bits per heavy atom. The van der Waals surface area contributed by atoms with Crippen molar-refractivity contribution in [3.8, 4) is 23.0 Å². The Hall–Kier alpha value is -4.53. The highest BCUT2D eigenvalue weighted by Crippen LogP contribution is 2.55. The van der Waals surface area contributed by atoms with Crippen LogP contribution in [0.1, 0.15) is 30.9 Å². The van der Waals surface area contributed by atoms with Gasteiger partial charge >= 0.3 is 6.09 Å². The highest BCUT2D eigenvalue weighted by molar-refractivity contribution is 7.93. The lowest BCUT2D eigenvalue weighted by atomic mass is 9.85. The minimum absolute atomic E-state index is 0.0370. The molecule has 6 rings (SSSR count). The molecule has 0 aromatic heterocycles. The molecule has 0 saturated carbocycles. The van der Waals surface area contributed by atoms with Crippen molar-refractivity contribution in [2.24, 2.45) is 5.92 Å². The van der Waals surface area contributed by atoms with E-state index in [0.717, 1.165) is 25.9 Å². The number of anilines is 1. The third-order valence-electron chi connectivity index (χ3n) is 9.57. The molecule has 1 atom stereocenters. The van der Waals surface area contributed by atoms with Gasteiger partial charge in [-0.15, -0.1) is 0 Å². The maximum Gasteiger partial charge on any atom is 0.411 e. The van der Waals surface area contributed by atoms with Crippen LogP contribution >= 0.6 is 0 Å². The first-order chi connectivity index (χ1) is 23.6. The number of hydrogen-bond donors (Lipinski definition) is 0. The number of methoxy groups -OCH3 is 4. The molecule has 2 saturated heterocycles. The molecule has 3 aromatic rings. The third kappa shape index (κ3) is 5.91. The fourth-order valence-corrected chi connectivity index (χ4v) is 8.46. The first-order valence-corrected chi connectivity index (χ1v) is 17.6. The van der Waals surface area contributed by atoms with Crippen molar-refractivity contribution in [3.63, 3.8) is 0 Å². The predicted octanol–water partition coefficient (Wildman–Crippen LogP) is 4.10. The number of amides is 2. The van der Waals surface area contributed by atoms with Gasteiger partial charge in [-0.1, -0.05) is 31.2 Å². The maximum absolute atomic E-state index is 15.1. The van der Waals surface area contributed by atoms with Crippen molar-refractivity contribution < 1.29 is 41.7 Å². The van der Waals surface area contributed by atoms with E-state index in [4.69, 9.17) is 23.7 Å². The van der Waals surface area contributed by atoms with Gasteiger partial charge in [-0.2, -0.15) is 4.31 Å². The lowest BCUT2D eigenvalue weighted by Crippen LogP contribution is -2.57. The van der Waals surface area contributed by atoms with Crippen LogP contribution in [-0.2, 0) is 25.2 Å². The van der Waals surface area contributed by atoms with Crippen LogP contribution in [0.4, 0.5) is 10.5 Å². The number of benzene rings is 3. The highest BCUT2D eigenvalue weighted by Gasteiger charge is 2.62. The zero-order valence-corrected chi connectivity index (χ0v) is 29.2. The fourth-order valence-electron chi connectivity index (χ4n) is 6.87. The van der Waals surface area contributed by atoms with Crippen LogP contribution in [0.5, 0.6) is 23.0 Å². The lowest BCUT2D eigenvalue weighted by molar-refractivity contribution is -0.133. The van der Waals surface area contributed by atoms with E-state index >= 15 is 4.79 Å². The third-order valence-corrected chi connectivity index (χ3v) is 11.3. The molecule has 3 aliphatic rings. The van der Waals surface area contributed by atoms with Crippen LogP contribution in [0.3, 0.4) is 0 Å². The number of ether oxygens (including phenoxy) is 5. The Balaban J connectivity index is 1.45. The first-order valence-electron chi connectivity index (χ1n) is 16.2. The number of piperidine rings is 1. The summed E-state index contributed by atoms with van der Waals surface area (Å²) in [7, 11) is 0.906. The largest absolute Gasteiger partial charge is 0.497 e. The number of carbonyl (C=O) groups excluding carboxylic acids is 2. The zero-order chi connectivity index (χ0) is 34.9. The molecule has 1 unspecified atom stereocenters. The summed E-state index contributed by atoms with van der Waals surface area (Å²) in [4.78, 5) is 30.6. The monoisotopic (exact) mass is 694 g/mol. The molecule has 0 bridgehead atoms. The normalized spacial score (nSPS) is 20.6. The Labute approximate surface area is 286 Å². The van der Waals surface area contributed by atoms with Crippen LogP contribution in [0.25, 0.3) is 0 Å². The molecule has 49 heavy (non-hydrogen) atoms. The molecule has 3 aliphatic heterocycles. The number of hydrazine groups is 1. The smallest absolute Gasteiger partial charge is 0.411 e. The average molecular weight is 695 g/mol. The molecule has 0 aliphatic carbocycles. The lowest BCUT2D eigenvalue weighted by Gasteiger charge is -2.43. The molecule has 3 heterocycles. The van der Waals surface area contributed by atoms with Crippen LogP contribution in [0, 0.1) is 5.92 Å². The van der Waals surface area contributed by atoms with Crippen LogP contribution in [-0.4, -0.2) is 103 Å². The molecule has 3 aromatic carbocycles. The summed E-state index contributed by atoms with van der Waals surface area (Å²) in [6.07, 6.45) is 1.47. The second-order valence-electron chi connectivity index (χ2n) is 12.3. The Bertz CT molecular complexity index is 1820. The Kier molecular flexibility index (Phi) is 9.65. The predicted molar refractivity (Wildman–Crippen MR) is 181 cm³/mol. The van der Waals surface area contributed by atoms with Gasteiger partial charge in [0.25, 0.3) is 21.5 Å². The van der Waals surface area contributed by atoms with Gasteiger partial charge in [0.15, 0.2) is 0 Å². The zero-order valence-electron chi connectivity index (χ0n) is 28.4. The van der Waals surface area contributed by atoms with E-state index in [0.29, 0.717) is 42.2 Å². The van der Waals surface area contributed by atoms with Gasteiger partial charge in [0.1, 0.15) is 27.9 Å². The second kappa shape index (κ2) is 13.8. The van der Waals surface area contributed by atoms with Crippen molar-refractivity contribution in [3.05, 3.63) is 71.8 Å². The molecule has 0 radical (unpaired) electrons. The summed E-state index contributed by atoms with van der Waals surface area (Å²) in [6.45, 7) is 6.09. The van der Waals surface area contributed by atoms with E-state index in [2.05, 4.69) is 16.9 Å². The van der Waals surface area contributed by atoms with Gasteiger partial charge < -0.3 is 28.6 Å². The number of carbonyl (C=O) groups is 2. The average Bonchev–Trinajstić information content (AvgIpc) is 3.39. The topological polar surface area (TPSA) is 127 Å². The quantitative estimate of drug-likeness (QED) is 0.321. The van der Waals surface area contributed by atoms with Gasteiger partial charge in [0, 0.05) is 45.3 Å². The van der Waals surface area contributed by atoms with Gasteiger partial charge in [-0.25, -0.2) is 23.2 Å². The number of piperazine rings is 1. The number of hydrogen-bond acceptors (Lipinski definition) is 11. The summed E-state index contributed by atoms with van der Waals surface area (Å²) >= 11 is 0. The molecule has 2 amide bonds. The molecule has 0 spiro atoms. The van der Waals surface area contributed by atoms with Crippen LogP contribution in [0.2, 0.25) is 0 Å². The van der Waals surface area contributed by atoms with Crippen molar-refractivity contribution in [1.82, 2.24) is 14.9 Å². The van der Waals surface area contributed by atoms with E-state index in [1.165, 1.54) is 52.7 Å². The number of fused-ring (bicyclic) bond motifs is 1. The van der Waals surface area contributed by atoms with Crippen molar-refractivity contribution in [2.45, 2.75) is 30.3 Å². The molecule has 2 fully saturated rings. The number of rotatable bonds is 9. The van der Waals surface area contributed by atoms with Crippen molar-refractivity contribution in [2.75, 3.05) is 72.0 Å². The summed E-state index contributed by atoms with van der Waals surface area (Å²) in [5.74, 6) is 0.335. The van der Waals surface area contributed by atoms with E-state index in [1.807, 2.05) is 0 Å². The van der Waals surface area contributed by atoms with E-state index < -0.39 is 27.6 Å². The molecular formula is C35H42N4O9S. The Morgan fingerprint density at radius 3 is 2.04 bits per heavy atom. The van der Waals surface area contributed by atoms with E-state index in [-0.39, 0.29) is 39.0 Å². The first kappa shape index (κ1) is 34.3. The second-order valence-corrected chi connectivity index (χ2v) is 14.0. The van der Waals surface area contributed by atoms with E-state index in [1.54, 1.807) is 41.3 Å². The molecule has 13 nitrogen and oxygen atoms in total. The molecule has 262 valence electrons.